The van der Waals surface area contributed by atoms with Gasteiger partial charge in [0.2, 0.25) is 6.29 Å². The average Bonchev–Trinajstić information content (AvgIpc) is 3.20. The number of cyclic esters (lactones) is 1. The molecule has 182 valence electrons. The minimum absolute atomic E-state index is 0.00333. The van der Waals surface area contributed by atoms with Crippen LogP contribution >= 0.6 is 26.8 Å². The van der Waals surface area contributed by atoms with Crippen LogP contribution in [0.1, 0.15) is 17.4 Å². The summed E-state index contributed by atoms with van der Waals surface area (Å²) < 4.78 is 45.4. The van der Waals surface area contributed by atoms with Crippen molar-refractivity contribution in [3.05, 3.63) is 58.9 Å². The second-order valence-corrected chi connectivity index (χ2v) is 12.0. The van der Waals surface area contributed by atoms with Crippen molar-refractivity contribution < 1.29 is 52.1 Å². The first-order valence-electron chi connectivity index (χ1n) is 9.53. The van der Waals surface area contributed by atoms with E-state index in [-0.39, 0.29) is 35.1 Å². The summed E-state index contributed by atoms with van der Waals surface area (Å²) in [4.78, 5) is 48.9. The van der Waals surface area contributed by atoms with Crippen molar-refractivity contribution in [3.63, 3.8) is 0 Å². The quantitative estimate of drug-likeness (QED) is 0.488. The molecule has 1 aromatic carbocycles. The van der Waals surface area contributed by atoms with Gasteiger partial charge in [0.25, 0.3) is 5.08 Å². The van der Waals surface area contributed by atoms with Gasteiger partial charge in [-0.25, -0.2) is 14.5 Å². The maximum Gasteiger partial charge on any atom is 0.424 e. The molecule has 4 rings (SSSR count). The number of imide groups is 1. The number of carbonyl (C=O) groups excluding carboxylic acids is 2. The van der Waals surface area contributed by atoms with E-state index in [4.69, 9.17) is 25.4 Å². The number of amides is 2. The van der Waals surface area contributed by atoms with E-state index in [0.29, 0.717) is 4.90 Å². The van der Waals surface area contributed by atoms with Gasteiger partial charge in [-0.1, -0.05) is 23.7 Å². The van der Waals surface area contributed by atoms with Gasteiger partial charge in [0.05, 0.1) is 11.6 Å². The highest BCUT2D eigenvalue weighted by Gasteiger charge is 2.67. The van der Waals surface area contributed by atoms with E-state index in [1.165, 1.54) is 30.6 Å². The maximum atomic E-state index is 12.9. The van der Waals surface area contributed by atoms with Crippen LogP contribution in [0.25, 0.3) is 0 Å². The Labute approximate surface area is 196 Å². The molecule has 2 fully saturated rings. The lowest BCUT2D eigenvalue weighted by Crippen LogP contribution is -2.37. The SMILES string of the molecule is O=C1OCCN1C(=O)Oc1ccc(C2OP(=O)(O)C(O)(Cc3cccnc3)P(=O)(O)O2)cc1Cl. The van der Waals surface area contributed by atoms with E-state index in [2.05, 4.69) is 9.72 Å². The number of halogens is 1. The van der Waals surface area contributed by atoms with Crippen molar-refractivity contribution in [1.29, 1.82) is 0 Å². The van der Waals surface area contributed by atoms with Crippen molar-refractivity contribution in [2.75, 3.05) is 13.2 Å². The molecule has 0 spiro atoms. The molecule has 2 unspecified atom stereocenters. The summed E-state index contributed by atoms with van der Waals surface area (Å²) in [5, 5.41) is 7.38. The van der Waals surface area contributed by atoms with Gasteiger partial charge in [-0.15, -0.1) is 0 Å². The van der Waals surface area contributed by atoms with Crippen molar-refractivity contribution in [2.24, 2.45) is 0 Å². The van der Waals surface area contributed by atoms with Crippen molar-refractivity contribution in [2.45, 2.75) is 17.8 Å². The van der Waals surface area contributed by atoms with E-state index in [1.807, 2.05) is 0 Å². The summed E-state index contributed by atoms with van der Waals surface area (Å²) in [7, 11) is -10.4. The molecule has 0 saturated carbocycles. The number of rotatable bonds is 4. The van der Waals surface area contributed by atoms with Crippen molar-refractivity contribution in [3.8, 4) is 5.75 Å². The van der Waals surface area contributed by atoms with Gasteiger partial charge in [0.15, 0.2) is 5.75 Å². The van der Waals surface area contributed by atoms with Crippen LogP contribution in [0.5, 0.6) is 5.75 Å². The molecule has 0 radical (unpaired) electrons. The zero-order valence-electron chi connectivity index (χ0n) is 17.0. The van der Waals surface area contributed by atoms with Crippen molar-refractivity contribution >= 4 is 39.0 Å². The Bertz CT molecular complexity index is 1200. The monoisotopic (exact) mass is 534 g/mol. The number of benzene rings is 1. The minimum Gasteiger partial charge on any atom is -0.447 e. The predicted molar refractivity (Wildman–Crippen MR) is 113 cm³/mol. The highest BCUT2D eigenvalue weighted by molar-refractivity contribution is 7.73. The topological polar surface area (TPSA) is 182 Å². The van der Waals surface area contributed by atoms with Crippen LogP contribution in [0.3, 0.4) is 0 Å². The Kier molecular flexibility index (Phi) is 6.58. The summed E-state index contributed by atoms with van der Waals surface area (Å²) >= 11 is 6.10. The molecule has 2 aliphatic heterocycles. The molecule has 1 aromatic heterocycles. The fourth-order valence-corrected chi connectivity index (χ4v) is 6.97. The van der Waals surface area contributed by atoms with Crippen LogP contribution in [0.2, 0.25) is 5.02 Å². The third-order valence-electron chi connectivity index (χ3n) is 4.95. The Hall–Kier alpha value is -2.34. The van der Waals surface area contributed by atoms with Gasteiger partial charge < -0.3 is 24.4 Å². The normalized spacial score (nSPS) is 31.2. The predicted octanol–water partition coefficient (Wildman–Crippen LogP) is 2.99. The van der Waals surface area contributed by atoms with Gasteiger partial charge in [0.1, 0.15) is 6.61 Å². The molecule has 2 aromatic rings. The number of aromatic nitrogens is 1. The molecule has 3 heterocycles. The smallest absolute Gasteiger partial charge is 0.424 e. The fourth-order valence-electron chi connectivity index (χ4n) is 3.16. The minimum atomic E-state index is -5.18. The first-order chi connectivity index (χ1) is 15.9. The molecule has 2 aliphatic rings. The molecular formula is C18H17ClN2O11P2. The molecule has 3 N–H and O–H groups in total. The van der Waals surface area contributed by atoms with E-state index in [9.17, 15) is 33.6 Å². The second kappa shape index (κ2) is 9.03. The Morgan fingerprint density at radius 2 is 1.97 bits per heavy atom. The van der Waals surface area contributed by atoms with Gasteiger partial charge in [-0.05, 0) is 23.8 Å². The molecule has 2 atom stereocenters. The van der Waals surface area contributed by atoms with Gasteiger partial charge in [0, 0.05) is 24.4 Å². The number of hydrogen-bond donors (Lipinski definition) is 3. The van der Waals surface area contributed by atoms with Crippen LogP contribution in [-0.2, 0) is 29.3 Å². The molecule has 16 heteroatoms. The first kappa shape index (κ1) is 24.8. The molecule has 34 heavy (non-hydrogen) atoms. The van der Waals surface area contributed by atoms with E-state index in [1.54, 1.807) is 0 Å². The fraction of sp³-hybridized carbons (Fsp3) is 0.278. The van der Waals surface area contributed by atoms with Gasteiger partial charge in [-0.3, -0.25) is 23.2 Å². The molecule has 2 saturated heterocycles. The summed E-state index contributed by atoms with van der Waals surface area (Å²) in [5.41, 5.74) is 0.104. The van der Waals surface area contributed by atoms with Crippen LogP contribution in [0.15, 0.2) is 42.7 Å². The molecular weight excluding hydrogens is 518 g/mol. The Morgan fingerprint density at radius 3 is 2.53 bits per heavy atom. The van der Waals surface area contributed by atoms with Gasteiger partial charge in [-0.2, -0.15) is 0 Å². The number of aliphatic hydroxyl groups is 1. The molecule has 13 nitrogen and oxygen atoms in total. The standard InChI is InChI=1S/C18H17ClN2O11P2/c19-13-8-12(3-4-14(13)30-17(23)21-6-7-29-16(21)22)15-31-33(25,26)18(24,34(27,28)32-15)9-11-2-1-5-20-10-11/h1-5,8,10,15,24H,6-7,9H2,(H,25,26)(H,27,28). The zero-order valence-corrected chi connectivity index (χ0v) is 19.6. The third-order valence-corrected chi connectivity index (χ3v) is 9.85. The summed E-state index contributed by atoms with van der Waals surface area (Å²) in [6.07, 6.45) is -1.87. The van der Waals surface area contributed by atoms with Crippen LogP contribution in [0, 0.1) is 0 Å². The first-order valence-corrected chi connectivity index (χ1v) is 13.1. The number of ether oxygens (including phenoxy) is 2. The highest BCUT2D eigenvalue weighted by atomic mass is 35.5. The van der Waals surface area contributed by atoms with Crippen LogP contribution in [-0.4, -0.2) is 55.2 Å². The van der Waals surface area contributed by atoms with E-state index >= 15 is 0 Å². The lowest BCUT2D eigenvalue weighted by atomic mass is 10.2. The van der Waals surface area contributed by atoms with Crippen molar-refractivity contribution in [1.82, 2.24) is 9.88 Å². The molecule has 0 aliphatic carbocycles. The second-order valence-electron chi connectivity index (χ2n) is 7.22. The lowest BCUT2D eigenvalue weighted by Gasteiger charge is -2.41. The number of pyridine rings is 1. The third kappa shape index (κ3) is 4.49. The van der Waals surface area contributed by atoms with E-state index < -0.39 is 45.2 Å². The van der Waals surface area contributed by atoms with Gasteiger partial charge >= 0.3 is 27.4 Å². The lowest BCUT2D eigenvalue weighted by molar-refractivity contribution is -0.0579. The summed E-state index contributed by atoms with van der Waals surface area (Å²) in [5.74, 6) is -0.182. The number of hydrogen-bond acceptors (Lipinski definition) is 10. The largest absolute Gasteiger partial charge is 0.447 e. The summed E-state index contributed by atoms with van der Waals surface area (Å²) in [6.45, 7) is 0.0170. The maximum absolute atomic E-state index is 12.9. The number of carbonyl (C=O) groups is 2. The zero-order chi connectivity index (χ0) is 24.7. The van der Waals surface area contributed by atoms with E-state index in [0.717, 1.165) is 12.1 Å². The average molecular weight is 535 g/mol. The summed E-state index contributed by atoms with van der Waals surface area (Å²) in [6, 6.07) is 6.35. The number of nitrogens with zero attached hydrogens (tertiary/aromatic N) is 2. The highest BCUT2D eigenvalue weighted by Crippen LogP contribution is 2.79. The van der Waals surface area contributed by atoms with Crippen LogP contribution < -0.4 is 4.74 Å². The molecule has 2 amide bonds. The van der Waals surface area contributed by atoms with Crippen LogP contribution in [0.4, 0.5) is 9.59 Å². The molecule has 0 bridgehead atoms. The Balaban J connectivity index is 1.55. The Morgan fingerprint density at radius 1 is 1.26 bits per heavy atom.